The Bertz CT molecular complexity index is 1050. The van der Waals surface area contributed by atoms with Gasteiger partial charge >= 0.3 is 0 Å². The molecule has 1 aliphatic rings. The van der Waals surface area contributed by atoms with E-state index in [4.69, 9.17) is 14.9 Å². The van der Waals surface area contributed by atoms with Crippen molar-refractivity contribution in [2.75, 3.05) is 17.2 Å². The summed E-state index contributed by atoms with van der Waals surface area (Å²) in [6.45, 7) is 0.627. The lowest BCUT2D eigenvalue weighted by Gasteiger charge is -2.23. The monoisotopic (exact) mass is 466 g/mol. The molecule has 0 aliphatic heterocycles. The van der Waals surface area contributed by atoms with Crippen molar-refractivity contribution < 1.29 is 14.7 Å². The van der Waals surface area contributed by atoms with E-state index in [0.717, 1.165) is 54.0 Å². The third kappa shape index (κ3) is 6.84. The molecule has 34 heavy (non-hydrogen) atoms. The molecule has 0 bridgehead atoms. The van der Waals surface area contributed by atoms with E-state index >= 15 is 0 Å². The highest BCUT2D eigenvalue weighted by molar-refractivity contribution is 5.88. The molecule has 1 aliphatic carbocycles. The fourth-order valence-electron chi connectivity index (χ4n) is 4.30. The lowest BCUT2D eigenvalue weighted by atomic mass is 9.95. The Hall–Kier alpha value is -3.33. The molecule has 0 atom stereocenters. The molecule has 1 saturated carbocycles. The van der Waals surface area contributed by atoms with Crippen molar-refractivity contribution >= 4 is 34.4 Å². The largest absolute Gasteiger partial charge is 0.494 e. The minimum Gasteiger partial charge on any atom is -0.494 e. The van der Waals surface area contributed by atoms with Crippen LogP contribution >= 0.6 is 0 Å². The summed E-state index contributed by atoms with van der Waals surface area (Å²) in [6.07, 6.45) is 12.1. The molecule has 1 amide bonds. The van der Waals surface area contributed by atoms with Crippen LogP contribution in [0.3, 0.4) is 0 Å². The lowest BCUT2D eigenvalue weighted by Crippen LogP contribution is -2.23. The molecule has 5 N–H and O–H groups in total. The van der Waals surface area contributed by atoms with Gasteiger partial charge in [0.2, 0.25) is 11.9 Å². The van der Waals surface area contributed by atoms with Gasteiger partial charge in [0.05, 0.1) is 12.0 Å². The lowest BCUT2D eigenvalue weighted by molar-refractivity contribution is -0.129. The molecule has 9 heteroatoms. The third-order valence-corrected chi connectivity index (χ3v) is 6.16. The molecular weight excluding hydrogens is 432 g/mol. The summed E-state index contributed by atoms with van der Waals surface area (Å²) in [5.41, 5.74) is 3.36. The third-order valence-electron chi connectivity index (χ3n) is 6.16. The van der Waals surface area contributed by atoms with Gasteiger partial charge in [0.25, 0.3) is 0 Å². The normalized spacial score (nSPS) is 14.1. The second-order valence-corrected chi connectivity index (χ2v) is 8.81. The molecule has 0 spiro atoms. The topological polar surface area (TPSA) is 124 Å². The number of benzene rings is 1. The molecule has 2 heterocycles. The van der Waals surface area contributed by atoms with Gasteiger partial charge in [0.15, 0.2) is 0 Å². The molecule has 4 rings (SSSR count). The number of hydroxylamine groups is 1. The number of aromatic amines is 1. The van der Waals surface area contributed by atoms with Crippen molar-refractivity contribution in [1.29, 1.82) is 0 Å². The van der Waals surface area contributed by atoms with E-state index in [1.54, 1.807) is 5.48 Å². The number of carbonyl (C=O) groups excluding carboxylic acids is 1. The maximum absolute atomic E-state index is 11.0. The minimum absolute atomic E-state index is 0.333. The number of aromatic nitrogens is 3. The Kier molecular flexibility index (Phi) is 8.56. The summed E-state index contributed by atoms with van der Waals surface area (Å²) in [4.78, 5) is 23.6. The number of ether oxygens (including phenoxy) is 1. The predicted molar refractivity (Wildman–Crippen MR) is 133 cm³/mol. The average Bonchev–Trinajstić information content (AvgIpc) is 3.34. The number of anilines is 3. The van der Waals surface area contributed by atoms with Gasteiger partial charge < -0.3 is 20.4 Å². The molecule has 0 saturated heterocycles. The zero-order valence-electron chi connectivity index (χ0n) is 19.5. The van der Waals surface area contributed by atoms with Crippen molar-refractivity contribution in [3.05, 3.63) is 36.5 Å². The molecule has 1 fully saturated rings. The van der Waals surface area contributed by atoms with Gasteiger partial charge in [-0.15, -0.1) is 0 Å². The highest BCUT2D eigenvalue weighted by atomic mass is 16.5. The van der Waals surface area contributed by atoms with Gasteiger partial charge in [-0.05, 0) is 56.0 Å². The fourth-order valence-corrected chi connectivity index (χ4v) is 4.30. The first kappa shape index (κ1) is 23.8. The SMILES string of the molecule is O=C(CCCCCCOc1ccc(Nc2nc(NC3CCCCC3)c3cc[nH]c3n2)cc1)NO. The molecule has 0 unspecified atom stereocenters. The number of hydrogen-bond acceptors (Lipinski definition) is 7. The number of H-pyrrole nitrogens is 1. The van der Waals surface area contributed by atoms with E-state index in [2.05, 4.69) is 20.6 Å². The molecule has 1 aromatic carbocycles. The maximum atomic E-state index is 11.0. The smallest absolute Gasteiger partial charge is 0.243 e. The van der Waals surface area contributed by atoms with Crippen LogP contribution in [0.1, 0.15) is 64.2 Å². The standard InChI is InChI=1S/C25H34N6O3/c32-22(31-33)10-6-1-2-7-17-34-20-13-11-19(12-14-20)28-25-29-23-21(15-16-26-23)24(30-25)27-18-8-4-3-5-9-18/h11-16,18,33H,1-10,17H2,(H,31,32)(H3,26,27,28,29,30). The van der Waals surface area contributed by atoms with Crippen LogP contribution in [0.4, 0.5) is 17.5 Å². The van der Waals surface area contributed by atoms with Crippen molar-refractivity contribution in [2.24, 2.45) is 0 Å². The number of nitrogens with one attached hydrogen (secondary N) is 4. The Labute approximate surface area is 199 Å². The van der Waals surface area contributed by atoms with E-state index in [0.29, 0.717) is 25.0 Å². The molecule has 3 aromatic rings. The summed E-state index contributed by atoms with van der Waals surface area (Å²) in [7, 11) is 0. The van der Waals surface area contributed by atoms with Crippen LogP contribution in [0.2, 0.25) is 0 Å². The van der Waals surface area contributed by atoms with E-state index in [-0.39, 0.29) is 5.91 Å². The second kappa shape index (κ2) is 12.2. The van der Waals surface area contributed by atoms with Crippen LogP contribution in [-0.4, -0.2) is 38.7 Å². The number of nitrogens with zero attached hydrogens (tertiary/aromatic N) is 2. The average molecular weight is 467 g/mol. The first-order valence-corrected chi connectivity index (χ1v) is 12.3. The zero-order valence-corrected chi connectivity index (χ0v) is 19.5. The van der Waals surface area contributed by atoms with Crippen LogP contribution in [-0.2, 0) is 4.79 Å². The Morgan fingerprint density at radius 1 is 1.03 bits per heavy atom. The van der Waals surface area contributed by atoms with Crippen LogP contribution in [0, 0.1) is 0 Å². The molecule has 9 nitrogen and oxygen atoms in total. The van der Waals surface area contributed by atoms with Crippen molar-refractivity contribution in [3.8, 4) is 5.75 Å². The molecule has 182 valence electrons. The second-order valence-electron chi connectivity index (χ2n) is 8.81. The zero-order chi connectivity index (χ0) is 23.6. The van der Waals surface area contributed by atoms with Gasteiger partial charge in [-0.1, -0.05) is 32.1 Å². The van der Waals surface area contributed by atoms with Crippen LogP contribution in [0.25, 0.3) is 11.0 Å². The number of carbonyl (C=O) groups is 1. The van der Waals surface area contributed by atoms with Crippen LogP contribution in [0.15, 0.2) is 36.5 Å². The van der Waals surface area contributed by atoms with E-state index in [1.807, 2.05) is 36.5 Å². The van der Waals surface area contributed by atoms with Crippen molar-refractivity contribution in [1.82, 2.24) is 20.4 Å². The van der Waals surface area contributed by atoms with Crippen molar-refractivity contribution in [2.45, 2.75) is 70.3 Å². The van der Waals surface area contributed by atoms with Crippen LogP contribution in [0.5, 0.6) is 5.75 Å². The quantitative estimate of drug-likeness (QED) is 0.140. The Balaban J connectivity index is 1.27. The van der Waals surface area contributed by atoms with Gasteiger partial charge in [-0.3, -0.25) is 10.0 Å². The van der Waals surface area contributed by atoms with Gasteiger partial charge in [0.1, 0.15) is 17.2 Å². The van der Waals surface area contributed by atoms with Crippen molar-refractivity contribution in [3.63, 3.8) is 0 Å². The number of unbranched alkanes of at least 4 members (excludes halogenated alkanes) is 3. The first-order chi connectivity index (χ1) is 16.7. The number of amides is 1. The first-order valence-electron chi connectivity index (χ1n) is 12.3. The molecular formula is C25H34N6O3. The number of hydrogen-bond donors (Lipinski definition) is 5. The summed E-state index contributed by atoms with van der Waals surface area (Å²) < 4.78 is 5.82. The van der Waals surface area contributed by atoms with E-state index in [9.17, 15) is 4.79 Å². The highest BCUT2D eigenvalue weighted by Crippen LogP contribution is 2.27. The van der Waals surface area contributed by atoms with Gasteiger partial charge in [-0.2, -0.15) is 9.97 Å². The van der Waals surface area contributed by atoms with Gasteiger partial charge in [0, 0.05) is 24.3 Å². The molecule has 0 radical (unpaired) electrons. The highest BCUT2D eigenvalue weighted by Gasteiger charge is 2.16. The summed E-state index contributed by atoms with van der Waals surface area (Å²) >= 11 is 0. The summed E-state index contributed by atoms with van der Waals surface area (Å²) in [6, 6.07) is 10.3. The Morgan fingerprint density at radius 2 is 1.82 bits per heavy atom. The number of fused-ring (bicyclic) bond motifs is 1. The minimum atomic E-state index is -0.333. The van der Waals surface area contributed by atoms with Crippen LogP contribution < -0.4 is 20.9 Å². The van der Waals surface area contributed by atoms with E-state index < -0.39 is 0 Å². The Morgan fingerprint density at radius 3 is 2.62 bits per heavy atom. The van der Waals surface area contributed by atoms with E-state index in [1.165, 1.54) is 32.1 Å². The summed E-state index contributed by atoms with van der Waals surface area (Å²) in [5, 5.41) is 16.4. The maximum Gasteiger partial charge on any atom is 0.243 e. The van der Waals surface area contributed by atoms with Gasteiger partial charge in [-0.25, -0.2) is 5.48 Å². The molecule has 2 aromatic heterocycles. The summed E-state index contributed by atoms with van der Waals surface area (Å²) in [5.74, 6) is 1.90. The fraction of sp³-hybridized carbons (Fsp3) is 0.480. The predicted octanol–water partition coefficient (Wildman–Crippen LogP) is 5.28. The number of rotatable bonds is 12.